The SMILES string of the molecule is O=C(Nc1ccccc1O)c1cc(S(=O)(=O)N2CCOCC2)ccc1F. The number of phenols is 1. The molecule has 2 aromatic rings. The number of morpholine rings is 1. The molecule has 0 bridgehead atoms. The van der Waals surface area contributed by atoms with Gasteiger partial charge in [0.05, 0.1) is 29.4 Å². The third kappa shape index (κ3) is 3.69. The lowest BCUT2D eigenvalue weighted by molar-refractivity contribution is 0.0730. The van der Waals surface area contributed by atoms with E-state index in [2.05, 4.69) is 5.32 Å². The Kier molecular flexibility index (Phi) is 5.21. The number of carbonyl (C=O) groups excluding carboxylic acids is 1. The molecule has 0 radical (unpaired) electrons. The zero-order valence-corrected chi connectivity index (χ0v) is 14.5. The van der Waals surface area contributed by atoms with Gasteiger partial charge in [0.1, 0.15) is 11.6 Å². The summed E-state index contributed by atoms with van der Waals surface area (Å²) in [6.07, 6.45) is 0. The summed E-state index contributed by atoms with van der Waals surface area (Å²) in [7, 11) is -3.86. The zero-order valence-electron chi connectivity index (χ0n) is 13.7. The molecule has 1 fully saturated rings. The first-order valence-corrected chi connectivity index (χ1v) is 9.30. The number of hydrogen-bond donors (Lipinski definition) is 2. The molecule has 9 heteroatoms. The molecule has 0 unspecified atom stereocenters. The molecule has 0 atom stereocenters. The Hall–Kier alpha value is -2.49. The highest BCUT2D eigenvalue weighted by Gasteiger charge is 2.28. The standard InChI is InChI=1S/C17H17FN2O5S/c18-14-6-5-12(26(23,24)20-7-9-25-10-8-20)11-13(14)17(22)19-15-3-1-2-4-16(15)21/h1-6,11,21H,7-10H2,(H,19,22). The number of carbonyl (C=O) groups is 1. The molecule has 138 valence electrons. The van der Waals surface area contributed by atoms with Crippen LogP contribution >= 0.6 is 0 Å². The summed E-state index contributed by atoms with van der Waals surface area (Å²) in [4.78, 5) is 12.2. The van der Waals surface area contributed by atoms with Crippen LogP contribution < -0.4 is 5.32 Å². The summed E-state index contributed by atoms with van der Waals surface area (Å²) in [6.45, 7) is 0.945. The number of aromatic hydroxyl groups is 1. The fourth-order valence-electron chi connectivity index (χ4n) is 2.54. The molecule has 0 saturated carbocycles. The van der Waals surface area contributed by atoms with Crippen LogP contribution in [0.3, 0.4) is 0 Å². The van der Waals surface area contributed by atoms with Gasteiger partial charge >= 0.3 is 0 Å². The third-order valence-corrected chi connectivity index (χ3v) is 5.84. The van der Waals surface area contributed by atoms with Crippen molar-refractivity contribution in [2.24, 2.45) is 0 Å². The number of benzene rings is 2. The summed E-state index contributed by atoms with van der Waals surface area (Å²) in [5.41, 5.74) is -0.332. The molecule has 1 saturated heterocycles. The topological polar surface area (TPSA) is 95.9 Å². The molecule has 1 aliphatic rings. The normalized spacial score (nSPS) is 15.6. The van der Waals surface area contributed by atoms with Crippen molar-refractivity contribution in [2.75, 3.05) is 31.6 Å². The molecule has 0 spiro atoms. The van der Waals surface area contributed by atoms with Crippen LogP contribution in [-0.4, -0.2) is 50.0 Å². The first kappa shape index (κ1) is 18.3. The average Bonchev–Trinajstić information content (AvgIpc) is 2.64. The summed E-state index contributed by atoms with van der Waals surface area (Å²) in [6, 6.07) is 9.02. The number of halogens is 1. The number of para-hydroxylation sites is 2. The minimum atomic E-state index is -3.86. The van der Waals surface area contributed by atoms with Crippen molar-refractivity contribution in [2.45, 2.75) is 4.90 Å². The predicted octanol–water partition coefficient (Wildman–Crippen LogP) is 1.80. The van der Waals surface area contributed by atoms with Crippen LogP contribution in [-0.2, 0) is 14.8 Å². The van der Waals surface area contributed by atoms with Gasteiger partial charge in [0, 0.05) is 13.1 Å². The van der Waals surface area contributed by atoms with Gasteiger partial charge in [0.2, 0.25) is 10.0 Å². The van der Waals surface area contributed by atoms with Crippen molar-refractivity contribution >= 4 is 21.6 Å². The van der Waals surface area contributed by atoms with Crippen molar-refractivity contribution in [1.82, 2.24) is 4.31 Å². The van der Waals surface area contributed by atoms with Crippen LogP contribution in [0, 0.1) is 5.82 Å². The first-order chi connectivity index (χ1) is 12.4. The highest BCUT2D eigenvalue weighted by atomic mass is 32.2. The first-order valence-electron chi connectivity index (χ1n) is 7.86. The van der Waals surface area contributed by atoms with E-state index < -0.39 is 27.3 Å². The summed E-state index contributed by atoms with van der Waals surface area (Å²) in [5, 5.41) is 12.1. The molecule has 1 amide bonds. The van der Waals surface area contributed by atoms with Crippen LogP contribution in [0.2, 0.25) is 0 Å². The number of nitrogens with one attached hydrogen (secondary N) is 1. The van der Waals surface area contributed by atoms with E-state index in [4.69, 9.17) is 4.74 Å². The smallest absolute Gasteiger partial charge is 0.258 e. The van der Waals surface area contributed by atoms with E-state index >= 15 is 0 Å². The minimum absolute atomic E-state index is 0.0957. The Morgan fingerprint density at radius 1 is 1.15 bits per heavy atom. The van der Waals surface area contributed by atoms with Gasteiger partial charge in [-0.1, -0.05) is 12.1 Å². The maximum atomic E-state index is 14.1. The fraction of sp³-hybridized carbons (Fsp3) is 0.235. The fourth-order valence-corrected chi connectivity index (χ4v) is 3.98. The van der Waals surface area contributed by atoms with Crippen molar-refractivity contribution < 1.29 is 27.4 Å². The summed E-state index contributed by atoms with van der Waals surface area (Å²) >= 11 is 0. The average molecular weight is 380 g/mol. The van der Waals surface area contributed by atoms with Gasteiger partial charge in [-0.05, 0) is 30.3 Å². The Bertz CT molecular complexity index is 927. The molecule has 2 aromatic carbocycles. The largest absolute Gasteiger partial charge is 0.506 e. The number of rotatable bonds is 4. The van der Waals surface area contributed by atoms with Gasteiger partial charge in [-0.15, -0.1) is 0 Å². The number of phenolic OH excluding ortho intramolecular Hbond substituents is 1. The summed E-state index contributed by atoms with van der Waals surface area (Å²) < 4.78 is 45.8. The van der Waals surface area contributed by atoms with E-state index in [1.807, 2.05) is 0 Å². The maximum absolute atomic E-state index is 14.1. The maximum Gasteiger partial charge on any atom is 0.258 e. The van der Waals surface area contributed by atoms with Crippen LogP contribution in [0.4, 0.5) is 10.1 Å². The number of anilines is 1. The van der Waals surface area contributed by atoms with Gasteiger partial charge < -0.3 is 15.2 Å². The molecule has 0 aliphatic carbocycles. The van der Waals surface area contributed by atoms with E-state index in [0.717, 1.165) is 18.2 Å². The second kappa shape index (κ2) is 7.40. The third-order valence-electron chi connectivity index (χ3n) is 3.94. The lowest BCUT2D eigenvalue weighted by Gasteiger charge is -2.26. The predicted molar refractivity (Wildman–Crippen MR) is 92.0 cm³/mol. The van der Waals surface area contributed by atoms with E-state index in [1.165, 1.54) is 16.4 Å². The van der Waals surface area contributed by atoms with E-state index in [0.29, 0.717) is 0 Å². The van der Waals surface area contributed by atoms with Crippen LogP contribution in [0.1, 0.15) is 10.4 Å². The Morgan fingerprint density at radius 3 is 2.54 bits per heavy atom. The quantitative estimate of drug-likeness (QED) is 0.789. The lowest BCUT2D eigenvalue weighted by atomic mass is 10.2. The van der Waals surface area contributed by atoms with E-state index in [-0.39, 0.29) is 42.6 Å². The monoisotopic (exact) mass is 380 g/mol. The molecular weight excluding hydrogens is 363 g/mol. The second-order valence-corrected chi connectivity index (χ2v) is 7.57. The van der Waals surface area contributed by atoms with Crippen LogP contribution in [0.5, 0.6) is 5.75 Å². The van der Waals surface area contributed by atoms with E-state index in [9.17, 15) is 22.7 Å². The van der Waals surface area contributed by atoms with E-state index in [1.54, 1.807) is 12.1 Å². The number of sulfonamides is 1. The second-order valence-electron chi connectivity index (χ2n) is 5.63. The summed E-state index contributed by atoms with van der Waals surface area (Å²) in [5.74, 6) is -1.90. The number of amides is 1. The Balaban J connectivity index is 1.90. The molecule has 1 heterocycles. The molecule has 2 N–H and O–H groups in total. The number of ether oxygens (including phenoxy) is 1. The number of hydrogen-bond acceptors (Lipinski definition) is 5. The molecular formula is C17H17FN2O5S. The van der Waals surface area contributed by atoms with Gasteiger partial charge in [-0.3, -0.25) is 4.79 Å². The van der Waals surface area contributed by atoms with Crippen LogP contribution in [0.25, 0.3) is 0 Å². The molecule has 7 nitrogen and oxygen atoms in total. The van der Waals surface area contributed by atoms with Gasteiger partial charge in [-0.2, -0.15) is 4.31 Å². The van der Waals surface area contributed by atoms with Crippen LogP contribution in [0.15, 0.2) is 47.4 Å². The van der Waals surface area contributed by atoms with Gasteiger partial charge in [0.25, 0.3) is 5.91 Å². The van der Waals surface area contributed by atoms with Gasteiger partial charge in [-0.25, -0.2) is 12.8 Å². The van der Waals surface area contributed by atoms with Crippen molar-refractivity contribution in [3.63, 3.8) is 0 Å². The number of nitrogens with zero attached hydrogens (tertiary/aromatic N) is 1. The Morgan fingerprint density at radius 2 is 1.85 bits per heavy atom. The zero-order chi connectivity index (χ0) is 18.7. The van der Waals surface area contributed by atoms with Crippen molar-refractivity contribution in [3.8, 4) is 5.75 Å². The minimum Gasteiger partial charge on any atom is -0.506 e. The lowest BCUT2D eigenvalue weighted by Crippen LogP contribution is -2.40. The molecule has 26 heavy (non-hydrogen) atoms. The molecule has 0 aromatic heterocycles. The molecule has 3 rings (SSSR count). The van der Waals surface area contributed by atoms with Gasteiger partial charge in [0.15, 0.2) is 0 Å². The Labute approximate surface area is 150 Å². The molecule has 1 aliphatic heterocycles. The highest BCUT2D eigenvalue weighted by Crippen LogP contribution is 2.24. The van der Waals surface area contributed by atoms with Crippen molar-refractivity contribution in [1.29, 1.82) is 0 Å². The highest BCUT2D eigenvalue weighted by molar-refractivity contribution is 7.89. The van der Waals surface area contributed by atoms with Crippen molar-refractivity contribution in [3.05, 3.63) is 53.8 Å².